The van der Waals surface area contributed by atoms with Gasteiger partial charge in [0.25, 0.3) is 0 Å². The number of ether oxygens (including phenoxy) is 2. The van der Waals surface area contributed by atoms with Crippen molar-refractivity contribution in [3.63, 3.8) is 0 Å². The number of hydrogen-bond donors (Lipinski definition) is 0. The summed E-state index contributed by atoms with van der Waals surface area (Å²) in [7, 11) is 0. The van der Waals surface area contributed by atoms with Crippen molar-refractivity contribution in [2.75, 3.05) is 13.2 Å². The molecule has 2 rings (SSSR count). The fourth-order valence-corrected chi connectivity index (χ4v) is 1.65. The first-order valence-corrected chi connectivity index (χ1v) is 6.41. The van der Waals surface area contributed by atoms with E-state index in [1.54, 1.807) is 0 Å². The normalized spacial score (nSPS) is 33.8. The van der Waals surface area contributed by atoms with Crippen molar-refractivity contribution in [3.8, 4) is 0 Å². The molecule has 2 nitrogen and oxygen atoms in total. The van der Waals surface area contributed by atoms with Crippen molar-refractivity contribution in [1.29, 1.82) is 0 Å². The van der Waals surface area contributed by atoms with Gasteiger partial charge in [0.1, 0.15) is 0 Å². The third-order valence-corrected chi connectivity index (χ3v) is 2.60. The molecule has 15 heavy (non-hydrogen) atoms. The van der Waals surface area contributed by atoms with E-state index in [1.807, 2.05) is 13.8 Å². The van der Waals surface area contributed by atoms with Crippen LogP contribution in [0.25, 0.3) is 0 Å². The van der Waals surface area contributed by atoms with E-state index >= 15 is 0 Å². The lowest BCUT2D eigenvalue weighted by Crippen LogP contribution is -2.01. The molecule has 0 N–H and O–H groups in total. The van der Waals surface area contributed by atoms with Crippen molar-refractivity contribution >= 4 is 0 Å². The van der Waals surface area contributed by atoms with Crippen LogP contribution in [0.5, 0.6) is 0 Å². The summed E-state index contributed by atoms with van der Waals surface area (Å²) in [4.78, 5) is 0. The first-order chi connectivity index (χ1) is 7.18. The predicted octanol–water partition coefficient (Wildman–Crippen LogP) is 3.64. The summed E-state index contributed by atoms with van der Waals surface area (Å²) >= 11 is 0. The second kappa shape index (κ2) is 9.17. The molecule has 0 aromatic rings. The van der Waals surface area contributed by atoms with Gasteiger partial charge in [0.15, 0.2) is 0 Å². The minimum Gasteiger partial charge on any atom is -0.381 e. The average molecular weight is 216 g/mol. The molecule has 0 radical (unpaired) electrons. The fourth-order valence-electron chi connectivity index (χ4n) is 1.65. The van der Waals surface area contributed by atoms with E-state index in [-0.39, 0.29) is 0 Å². The molecular formula is C13H28O2. The second-order valence-electron chi connectivity index (χ2n) is 4.30. The highest BCUT2D eigenvalue weighted by Crippen LogP contribution is 2.17. The number of rotatable bonds is 0. The topological polar surface area (TPSA) is 18.5 Å². The third-order valence-electron chi connectivity index (χ3n) is 2.60. The summed E-state index contributed by atoms with van der Waals surface area (Å²) in [6.45, 7) is 12.4. The molecule has 0 amide bonds. The molecule has 2 aliphatic rings. The van der Waals surface area contributed by atoms with E-state index in [4.69, 9.17) is 9.47 Å². The largest absolute Gasteiger partial charge is 0.381 e. The van der Waals surface area contributed by atoms with E-state index in [1.165, 1.54) is 19.3 Å². The molecule has 3 unspecified atom stereocenters. The molecule has 2 fully saturated rings. The minimum atomic E-state index is 0.523. The number of hydrogen-bond acceptors (Lipinski definition) is 2. The van der Waals surface area contributed by atoms with Crippen molar-refractivity contribution in [3.05, 3.63) is 0 Å². The Balaban J connectivity index is 0.000000227. The van der Waals surface area contributed by atoms with Gasteiger partial charge in [-0.1, -0.05) is 20.8 Å². The highest BCUT2D eigenvalue weighted by molar-refractivity contribution is 4.64. The molecule has 0 spiro atoms. The van der Waals surface area contributed by atoms with Gasteiger partial charge < -0.3 is 9.47 Å². The zero-order valence-corrected chi connectivity index (χ0v) is 11.1. The lowest BCUT2D eigenvalue weighted by atomic mass is 10.2. The highest BCUT2D eigenvalue weighted by Gasteiger charge is 2.16. The zero-order chi connectivity index (χ0) is 11.7. The molecular weight excluding hydrogens is 188 g/mol. The maximum absolute atomic E-state index is 5.36. The molecule has 0 bridgehead atoms. The van der Waals surface area contributed by atoms with Crippen molar-refractivity contribution in [1.82, 2.24) is 0 Å². The maximum Gasteiger partial charge on any atom is 0.0551 e. The summed E-state index contributed by atoms with van der Waals surface area (Å²) in [6.07, 6.45) is 4.81. The van der Waals surface area contributed by atoms with Crippen LogP contribution < -0.4 is 0 Å². The van der Waals surface area contributed by atoms with E-state index < -0.39 is 0 Å². The van der Waals surface area contributed by atoms with Crippen molar-refractivity contribution in [2.24, 2.45) is 5.92 Å². The quantitative estimate of drug-likeness (QED) is 0.615. The van der Waals surface area contributed by atoms with E-state index in [0.717, 1.165) is 19.1 Å². The van der Waals surface area contributed by atoms with Gasteiger partial charge >= 0.3 is 0 Å². The van der Waals surface area contributed by atoms with Gasteiger partial charge in [0.05, 0.1) is 12.2 Å². The molecule has 2 saturated heterocycles. The van der Waals surface area contributed by atoms with Crippen LogP contribution in [0, 0.1) is 5.92 Å². The van der Waals surface area contributed by atoms with E-state index in [2.05, 4.69) is 20.8 Å². The Kier molecular flexibility index (Phi) is 9.12. The fraction of sp³-hybridized carbons (Fsp3) is 1.00. The molecule has 0 aliphatic carbocycles. The lowest BCUT2D eigenvalue weighted by Gasteiger charge is -2.01. The van der Waals surface area contributed by atoms with E-state index in [9.17, 15) is 0 Å². The minimum absolute atomic E-state index is 0.523. The molecule has 2 aliphatic heterocycles. The summed E-state index contributed by atoms with van der Waals surface area (Å²) in [6, 6.07) is 0. The Morgan fingerprint density at radius 2 is 1.40 bits per heavy atom. The van der Waals surface area contributed by atoms with Crippen LogP contribution >= 0.6 is 0 Å². The zero-order valence-electron chi connectivity index (χ0n) is 11.1. The van der Waals surface area contributed by atoms with Gasteiger partial charge in [-0.25, -0.2) is 0 Å². The van der Waals surface area contributed by atoms with Gasteiger partial charge in [-0.15, -0.1) is 0 Å². The molecule has 3 atom stereocenters. The molecule has 2 heteroatoms. The Morgan fingerprint density at radius 1 is 0.867 bits per heavy atom. The Bertz CT molecular complexity index is 122. The molecule has 92 valence electrons. The molecule has 0 aromatic carbocycles. The summed E-state index contributed by atoms with van der Waals surface area (Å²) < 4.78 is 10.4. The van der Waals surface area contributed by atoms with Gasteiger partial charge in [0, 0.05) is 13.2 Å². The Morgan fingerprint density at radius 3 is 1.53 bits per heavy atom. The lowest BCUT2D eigenvalue weighted by molar-refractivity contribution is 0.0673. The van der Waals surface area contributed by atoms with Crippen LogP contribution in [0.15, 0.2) is 0 Å². The maximum atomic E-state index is 5.36. The smallest absolute Gasteiger partial charge is 0.0551 e. The SMILES string of the molecule is CC.CC1CCC(C)O1.CC1CCOC1. The molecule has 0 saturated carbocycles. The van der Waals surface area contributed by atoms with Gasteiger partial charge in [-0.2, -0.15) is 0 Å². The summed E-state index contributed by atoms with van der Waals surface area (Å²) in [5.41, 5.74) is 0. The van der Waals surface area contributed by atoms with Gasteiger partial charge in [0.2, 0.25) is 0 Å². The monoisotopic (exact) mass is 216 g/mol. The van der Waals surface area contributed by atoms with Gasteiger partial charge in [-0.05, 0) is 39.0 Å². The highest BCUT2D eigenvalue weighted by atomic mass is 16.5. The van der Waals surface area contributed by atoms with Crippen LogP contribution in [0.4, 0.5) is 0 Å². The van der Waals surface area contributed by atoms with Crippen LogP contribution in [-0.2, 0) is 9.47 Å². The third kappa shape index (κ3) is 7.80. The predicted molar refractivity (Wildman–Crippen MR) is 65.2 cm³/mol. The Labute approximate surface area is 95.3 Å². The van der Waals surface area contributed by atoms with Crippen LogP contribution in [0.1, 0.15) is 53.9 Å². The van der Waals surface area contributed by atoms with Gasteiger partial charge in [-0.3, -0.25) is 0 Å². The Hall–Kier alpha value is -0.0800. The first kappa shape index (κ1) is 14.9. The van der Waals surface area contributed by atoms with Crippen LogP contribution in [-0.4, -0.2) is 25.4 Å². The molecule has 0 aromatic heterocycles. The summed E-state index contributed by atoms with van der Waals surface area (Å²) in [5, 5.41) is 0. The van der Waals surface area contributed by atoms with Crippen LogP contribution in [0.2, 0.25) is 0 Å². The molecule has 2 heterocycles. The van der Waals surface area contributed by atoms with Crippen LogP contribution in [0.3, 0.4) is 0 Å². The van der Waals surface area contributed by atoms with Crippen molar-refractivity contribution in [2.45, 2.75) is 66.1 Å². The van der Waals surface area contributed by atoms with E-state index in [0.29, 0.717) is 12.2 Å². The first-order valence-electron chi connectivity index (χ1n) is 6.41. The standard InChI is InChI=1S/C6H12O.C5H10O.C2H6/c1-5-3-4-6(2)7-5;1-5-2-3-6-4-5;1-2/h5-6H,3-4H2,1-2H3;5H,2-4H2,1H3;1-2H3. The second-order valence-corrected chi connectivity index (χ2v) is 4.30. The average Bonchev–Trinajstić information content (AvgIpc) is 2.82. The van der Waals surface area contributed by atoms with Crippen molar-refractivity contribution < 1.29 is 9.47 Å². The summed E-state index contributed by atoms with van der Waals surface area (Å²) in [5.74, 6) is 0.824.